The molecule has 1 aromatic carbocycles. The van der Waals surface area contributed by atoms with Crippen LogP contribution in [0.1, 0.15) is 50.7 Å². The molecule has 2 aromatic rings. The quantitative estimate of drug-likeness (QED) is 0.916. The number of hydrogen-bond donors (Lipinski definition) is 1. The average molecular weight is 259 g/mol. The maximum atomic E-state index is 4.70. The standard InChI is InChI=1S/C15H21N3O/c1-11(16-9-14-17-10-19-18-14)12-5-7-13(8-6-12)15(2,3)4/h5-8,10-11,16H,9H2,1-4H3. The van der Waals surface area contributed by atoms with Crippen LogP contribution in [0.5, 0.6) is 0 Å². The number of nitrogens with one attached hydrogen (secondary N) is 1. The fourth-order valence-electron chi connectivity index (χ4n) is 1.90. The SMILES string of the molecule is CC(NCc1ncon1)c1ccc(C(C)(C)C)cc1. The molecule has 0 radical (unpaired) electrons. The highest BCUT2D eigenvalue weighted by molar-refractivity contribution is 5.29. The molecule has 4 heteroatoms. The molecule has 1 N–H and O–H groups in total. The zero-order valence-electron chi connectivity index (χ0n) is 12.0. The second-order valence-electron chi connectivity index (χ2n) is 5.82. The molecule has 2 rings (SSSR count). The van der Waals surface area contributed by atoms with Gasteiger partial charge in [0.25, 0.3) is 0 Å². The number of aromatic nitrogens is 2. The third-order valence-corrected chi connectivity index (χ3v) is 3.25. The summed E-state index contributed by atoms with van der Waals surface area (Å²) in [6, 6.07) is 9.00. The van der Waals surface area contributed by atoms with Crippen molar-refractivity contribution >= 4 is 0 Å². The first kappa shape index (κ1) is 13.7. The van der Waals surface area contributed by atoms with Gasteiger partial charge in [0.1, 0.15) is 0 Å². The van der Waals surface area contributed by atoms with Gasteiger partial charge < -0.3 is 9.84 Å². The molecular weight excluding hydrogens is 238 g/mol. The Labute approximate surface area is 114 Å². The van der Waals surface area contributed by atoms with Crippen LogP contribution in [0.25, 0.3) is 0 Å². The van der Waals surface area contributed by atoms with Crippen LogP contribution < -0.4 is 5.32 Å². The van der Waals surface area contributed by atoms with Crippen molar-refractivity contribution in [2.75, 3.05) is 0 Å². The van der Waals surface area contributed by atoms with E-state index in [4.69, 9.17) is 4.52 Å². The van der Waals surface area contributed by atoms with E-state index in [0.29, 0.717) is 12.4 Å². The Balaban J connectivity index is 1.97. The van der Waals surface area contributed by atoms with E-state index in [1.807, 2.05) is 0 Å². The second kappa shape index (κ2) is 5.53. The molecule has 4 nitrogen and oxygen atoms in total. The lowest BCUT2D eigenvalue weighted by Gasteiger charge is -2.20. The van der Waals surface area contributed by atoms with E-state index in [-0.39, 0.29) is 11.5 Å². The van der Waals surface area contributed by atoms with Crippen molar-refractivity contribution in [2.24, 2.45) is 0 Å². The molecule has 102 valence electrons. The lowest BCUT2D eigenvalue weighted by Crippen LogP contribution is -2.19. The highest BCUT2D eigenvalue weighted by Gasteiger charge is 2.14. The van der Waals surface area contributed by atoms with Crippen molar-refractivity contribution in [3.8, 4) is 0 Å². The van der Waals surface area contributed by atoms with Gasteiger partial charge in [-0.05, 0) is 23.5 Å². The van der Waals surface area contributed by atoms with Gasteiger partial charge >= 0.3 is 0 Å². The van der Waals surface area contributed by atoms with Gasteiger partial charge in [-0.15, -0.1) is 0 Å². The number of rotatable bonds is 4. The highest BCUT2D eigenvalue weighted by atomic mass is 16.5. The Morgan fingerprint density at radius 3 is 2.42 bits per heavy atom. The van der Waals surface area contributed by atoms with E-state index >= 15 is 0 Å². The molecule has 1 aromatic heterocycles. The predicted molar refractivity (Wildman–Crippen MR) is 74.7 cm³/mol. The zero-order valence-corrected chi connectivity index (χ0v) is 12.0. The maximum Gasteiger partial charge on any atom is 0.213 e. The first-order chi connectivity index (χ1) is 8.97. The molecule has 1 atom stereocenters. The van der Waals surface area contributed by atoms with Gasteiger partial charge in [-0.2, -0.15) is 4.98 Å². The summed E-state index contributed by atoms with van der Waals surface area (Å²) in [6.07, 6.45) is 1.35. The van der Waals surface area contributed by atoms with E-state index in [2.05, 4.69) is 67.4 Å². The minimum absolute atomic E-state index is 0.194. The van der Waals surface area contributed by atoms with E-state index < -0.39 is 0 Å². The Hall–Kier alpha value is -1.68. The van der Waals surface area contributed by atoms with Crippen LogP contribution in [0.4, 0.5) is 0 Å². The minimum atomic E-state index is 0.194. The van der Waals surface area contributed by atoms with Gasteiger partial charge in [0.15, 0.2) is 5.82 Å². The molecule has 1 unspecified atom stereocenters. The molecule has 0 aliphatic rings. The number of benzene rings is 1. The fourth-order valence-corrected chi connectivity index (χ4v) is 1.90. The Morgan fingerprint density at radius 1 is 1.21 bits per heavy atom. The molecule has 19 heavy (non-hydrogen) atoms. The predicted octanol–water partition coefficient (Wildman–Crippen LogP) is 3.22. The van der Waals surface area contributed by atoms with Crippen molar-refractivity contribution in [3.05, 3.63) is 47.6 Å². The van der Waals surface area contributed by atoms with E-state index in [1.54, 1.807) is 0 Å². The average Bonchev–Trinajstić information content (AvgIpc) is 2.88. The lowest BCUT2D eigenvalue weighted by atomic mass is 9.86. The highest BCUT2D eigenvalue weighted by Crippen LogP contribution is 2.23. The van der Waals surface area contributed by atoms with Gasteiger partial charge in [0.05, 0.1) is 6.54 Å². The Morgan fingerprint density at radius 2 is 1.89 bits per heavy atom. The van der Waals surface area contributed by atoms with Gasteiger partial charge in [0, 0.05) is 6.04 Å². The summed E-state index contributed by atoms with van der Waals surface area (Å²) in [5.74, 6) is 0.679. The summed E-state index contributed by atoms with van der Waals surface area (Å²) in [4.78, 5) is 3.99. The first-order valence-corrected chi connectivity index (χ1v) is 6.56. The van der Waals surface area contributed by atoms with Crippen molar-refractivity contribution in [1.29, 1.82) is 0 Å². The largest absolute Gasteiger partial charge is 0.343 e. The van der Waals surface area contributed by atoms with Gasteiger partial charge in [-0.1, -0.05) is 50.2 Å². The van der Waals surface area contributed by atoms with Crippen LogP contribution in [-0.2, 0) is 12.0 Å². The minimum Gasteiger partial charge on any atom is -0.343 e. The van der Waals surface area contributed by atoms with Gasteiger partial charge in [-0.25, -0.2) is 0 Å². The Kier molecular flexibility index (Phi) is 4.00. The topological polar surface area (TPSA) is 51.0 Å². The molecule has 0 fully saturated rings. The molecule has 0 spiro atoms. The molecule has 0 aliphatic heterocycles. The molecular formula is C15H21N3O. The molecule has 0 amide bonds. The van der Waals surface area contributed by atoms with Crippen LogP contribution in [0.15, 0.2) is 35.2 Å². The summed E-state index contributed by atoms with van der Waals surface area (Å²) >= 11 is 0. The monoisotopic (exact) mass is 259 g/mol. The summed E-state index contributed by atoms with van der Waals surface area (Å²) < 4.78 is 4.70. The van der Waals surface area contributed by atoms with Crippen LogP contribution in [0.3, 0.4) is 0 Å². The second-order valence-corrected chi connectivity index (χ2v) is 5.82. The Bertz CT molecular complexity index is 497. The van der Waals surface area contributed by atoms with Crippen LogP contribution in [-0.4, -0.2) is 10.1 Å². The van der Waals surface area contributed by atoms with E-state index in [1.165, 1.54) is 17.5 Å². The van der Waals surface area contributed by atoms with Crippen molar-refractivity contribution < 1.29 is 4.52 Å². The summed E-state index contributed by atoms with van der Waals surface area (Å²) in [5.41, 5.74) is 2.80. The van der Waals surface area contributed by atoms with Crippen molar-refractivity contribution in [1.82, 2.24) is 15.5 Å². The summed E-state index contributed by atoms with van der Waals surface area (Å²) in [6.45, 7) is 9.41. The number of hydrogen-bond acceptors (Lipinski definition) is 4. The molecule has 0 saturated carbocycles. The van der Waals surface area contributed by atoms with Crippen LogP contribution >= 0.6 is 0 Å². The van der Waals surface area contributed by atoms with Crippen molar-refractivity contribution in [2.45, 2.75) is 45.7 Å². The molecule has 0 saturated heterocycles. The third-order valence-electron chi connectivity index (χ3n) is 3.25. The van der Waals surface area contributed by atoms with E-state index in [9.17, 15) is 0 Å². The molecule has 1 heterocycles. The van der Waals surface area contributed by atoms with Gasteiger partial charge in [-0.3, -0.25) is 0 Å². The smallest absolute Gasteiger partial charge is 0.213 e. The zero-order chi connectivity index (χ0) is 13.9. The van der Waals surface area contributed by atoms with Crippen LogP contribution in [0.2, 0.25) is 0 Å². The maximum absolute atomic E-state index is 4.70. The van der Waals surface area contributed by atoms with E-state index in [0.717, 1.165) is 0 Å². The van der Waals surface area contributed by atoms with Crippen LogP contribution in [0, 0.1) is 0 Å². The lowest BCUT2D eigenvalue weighted by molar-refractivity contribution is 0.405. The summed E-state index contributed by atoms with van der Waals surface area (Å²) in [7, 11) is 0. The fraction of sp³-hybridized carbons (Fsp3) is 0.467. The summed E-state index contributed by atoms with van der Waals surface area (Å²) in [5, 5.41) is 7.15. The first-order valence-electron chi connectivity index (χ1n) is 6.56. The molecule has 0 bridgehead atoms. The number of nitrogens with zero attached hydrogens (tertiary/aromatic N) is 2. The van der Waals surface area contributed by atoms with Gasteiger partial charge in [0.2, 0.25) is 6.39 Å². The third kappa shape index (κ3) is 3.64. The van der Waals surface area contributed by atoms with Crippen molar-refractivity contribution in [3.63, 3.8) is 0 Å². The normalized spacial score (nSPS) is 13.5. The molecule has 0 aliphatic carbocycles.